The number of nitrogens with two attached hydrogens (primary N) is 2. The minimum absolute atomic E-state index is 0. The largest absolute Gasteiger partial charge is 1.00 e. The first-order chi connectivity index (χ1) is 24.7. The van der Waals surface area contributed by atoms with E-state index in [4.69, 9.17) is 34.7 Å². The molecule has 2 fully saturated rings. The molecule has 0 bridgehead atoms. The standard InChI is InChI=1S/C25H35N11O14P2.2Na/c1-45-19-18(13(9-47-52(42,43)44)49-23(19)36-11-29-15-20(36)32-24(27)33-21(15)39)50-51(41,30-4-7-34-6-3-28-10-34)46-8-12-16(37)17(38)22(48-12)35-5-2-14(26)31-25(35)40;;/h2-3,5-6,10-13,16-19,22-23,37-38H,4,7-9H2,1H3,(H,30,41)(H2,26,31,40)(H2,42,43,44)(H3,27,32,33,39);;/q;2*+1/p-2/t12-,13-,16-,17-,18-,19-,22-,23-,51?;;/m1../s1. The number of aromatic amines is 1. The Labute approximate surface area is 348 Å². The SMILES string of the molecule is CO[C@@H]1[C@H](OP(=O)(NCCn2ccnc2)OC[C@H]2O[C@@H](n3ccc(N)nc3=O)[C@H](O)[C@@H]2O)[C@@H](COP(=O)([O-])[O-])O[C@H]1n1cnc2c(=O)[nH]c(N)nc21.[Na+].[Na+]. The molecule has 284 valence electrons. The summed E-state index contributed by atoms with van der Waals surface area (Å²) in [6, 6.07) is 1.28. The molecule has 9 atom stereocenters. The van der Waals surface area contributed by atoms with Gasteiger partial charge >= 0.3 is 72.6 Å². The van der Waals surface area contributed by atoms with Crippen molar-refractivity contribution in [3.05, 3.63) is 58.1 Å². The van der Waals surface area contributed by atoms with Crippen molar-refractivity contribution < 1.29 is 116 Å². The summed E-state index contributed by atoms with van der Waals surface area (Å²) < 4.78 is 63.3. The number of nitrogens with one attached hydrogen (secondary N) is 2. The molecule has 0 aromatic carbocycles. The number of phosphoric acid groups is 1. The van der Waals surface area contributed by atoms with Crippen molar-refractivity contribution >= 4 is 38.5 Å². The van der Waals surface area contributed by atoms with Crippen LogP contribution in [0.15, 0.2) is 46.9 Å². The summed E-state index contributed by atoms with van der Waals surface area (Å²) >= 11 is 0. The van der Waals surface area contributed by atoms with E-state index in [0.29, 0.717) is 0 Å². The average Bonchev–Trinajstić information content (AvgIpc) is 3.87. The Morgan fingerprint density at radius 1 is 0.981 bits per heavy atom. The van der Waals surface area contributed by atoms with Crippen LogP contribution in [0.1, 0.15) is 12.5 Å². The van der Waals surface area contributed by atoms with Crippen LogP contribution in [0.3, 0.4) is 0 Å². The summed E-state index contributed by atoms with van der Waals surface area (Å²) in [7, 11) is -8.98. The molecular weight excluding hydrogens is 786 g/mol. The molecule has 29 heteroatoms. The number of hydrogen-bond donors (Lipinski definition) is 6. The number of ether oxygens (including phenoxy) is 3. The topological polar surface area (TPSA) is 356 Å². The van der Waals surface area contributed by atoms with Crippen LogP contribution in [0.25, 0.3) is 11.2 Å². The van der Waals surface area contributed by atoms with E-state index >= 15 is 0 Å². The summed E-state index contributed by atoms with van der Waals surface area (Å²) in [5.74, 6) is -0.354. The van der Waals surface area contributed by atoms with Crippen molar-refractivity contribution in [2.24, 2.45) is 0 Å². The third-order valence-corrected chi connectivity index (χ3v) is 10.1. The minimum Gasteiger partial charge on any atom is -0.790 e. The summed E-state index contributed by atoms with van der Waals surface area (Å²) in [5, 5.41) is 24.1. The number of fused-ring (bicyclic) bond motifs is 1. The molecule has 0 saturated carbocycles. The monoisotopic (exact) mass is 819 g/mol. The summed E-state index contributed by atoms with van der Waals surface area (Å²) in [6.07, 6.45) is -4.82. The van der Waals surface area contributed by atoms with Gasteiger partial charge in [0, 0.05) is 38.8 Å². The molecule has 4 aromatic heterocycles. The zero-order valence-corrected chi connectivity index (χ0v) is 34.7. The predicted molar refractivity (Wildman–Crippen MR) is 168 cm³/mol. The Hall–Kier alpha value is -1.94. The molecule has 6 heterocycles. The second kappa shape index (κ2) is 18.5. The number of imidazole rings is 2. The van der Waals surface area contributed by atoms with E-state index in [2.05, 4.69) is 34.5 Å². The van der Waals surface area contributed by atoms with E-state index in [1.54, 1.807) is 10.8 Å². The fourth-order valence-corrected chi connectivity index (χ4v) is 7.48. The van der Waals surface area contributed by atoms with E-state index in [9.17, 15) is 38.7 Å². The number of anilines is 2. The Kier molecular flexibility index (Phi) is 15.4. The molecule has 25 nitrogen and oxygen atoms in total. The molecule has 0 spiro atoms. The summed E-state index contributed by atoms with van der Waals surface area (Å²) in [6.45, 7) is -1.53. The van der Waals surface area contributed by atoms with Crippen LogP contribution < -0.4 is 96.7 Å². The van der Waals surface area contributed by atoms with Gasteiger partial charge in [0.05, 0.1) is 33.7 Å². The fraction of sp³-hybridized carbons (Fsp3) is 0.520. The number of aliphatic hydroxyl groups excluding tert-OH is 2. The number of aliphatic hydroxyl groups is 2. The number of nitrogens with zero attached hydrogens (tertiary/aromatic N) is 7. The van der Waals surface area contributed by atoms with Gasteiger partial charge in [0.1, 0.15) is 42.4 Å². The van der Waals surface area contributed by atoms with E-state index in [1.807, 2.05) is 0 Å². The Bertz CT molecular complexity index is 2090. The molecule has 54 heavy (non-hydrogen) atoms. The quantitative estimate of drug-likeness (QED) is 0.0479. The molecule has 8 N–H and O–H groups in total. The first kappa shape index (κ1) is 44.8. The van der Waals surface area contributed by atoms with E-state index < -0.39 is 89.1 Å². The molecule has 6 rings (SSSR count). The van der Waals surface area contributed by atoms with Crippen LogP contribution in [0.2, 0.25) is 0 Å². The van der Waals surface area contributed by atoms with Crippen molar-refractivity contribution in [2.75, 3.05) is 38.3 Å². The molecule has 0 aliphatic carbocycles. The van der Waals surface area contributed by atoms with Gasteiger partial charge in [-0.1, -0.05) is 0 Å². The van der Waals surface area contributed by atoms with Gasteiger partial charge in [-0.05, 0) is 6.07 Å². The fourth-order valence-electron chi connectivity index (χ4n) is 5.63. The molecule has 2 aliphatic rings. The number of aromatic nitrogens is 8. The molecular formula is C25H33N11Na2O14P2. The first-order valence-electron chi connectivity index (χ1n) is 15.2. The van der Waals surface area contributed by atoms with Crippen LogP contribution in [-0.2, 0) is 43.5 Å². The van der Waals surface area contributed by atoms with Crippen molar-refractivity contribution in [1.29, 1.82) is 0 Å². The number of hydrogen-bond acceptors (Lipinski definition) is 20. The van der Waals surface area contributed by atoms with Crippen molar-refractivity contribution in [1.82, 2.24) is 43.7 Å². The maximum Gasteiger partial charge on any atom is 1.00 e. The van der Waals surface area contributed by atoms with Crippen LogP contribution in [0.4, 0.5) is 11.8 Å². The van der Waals surface area contributed by atoms with E-state index in [-0.39, 0.29) is 95.1 Å². The molecule has 0 amide bonds. The van der Waals surface area contributed by atoms with E-state index in [0.717, 1.165) is 10.9 Å². The molecule has 2 aliphatic heterocycles. The number of methoxy groups -OCH3 is 1. The number of H-pyrrole nitrogens is 1. The van der Waals surface area contributed by atoms with Gasteiger partial charge in [0.2, 0.25) is 5.95 Å². The van der Waals surface area contributed by atoms with Crippen LogP contribution >= 0.6 is 15.6 Å². The van der Waals surface area contributed by atoms with Crippen molar-refractivity contribution in [2.45, 2.75) is 55.6 Å². The smallest absolute Gasteiger partial charge is 0.790 e. The second-order valence-corrected chi connectivity index (χ2v) is 14.4. The average molecular weight is 820 g/mol. The van der Waals surface area contributed by atoms with Gasteiger partial charge in [-0.3, -0.25) is 28.0 Å². The summed E-state index contributed by atoms with van der Waals surface area (Å²) in [4.78, 5) is 65.7. The Balaban J connectivity index is 0.00000325. The normalized spacial score (nSPS) is 26.7. The van der Waals surface area contributed by atoms with Gasteiger partial charge < -0.3 is 59.3 Å². The van der Waals surface area contributed by atoms with Gasteiger partial charge in [-0.2, -0.15) is 9.97 Å². The van der Waals surface area contributed by atoms with Crippen LogP contribution in [-0.4, -0.2) is 112 Å². The zero-order chi connectivity index (χ0) is 37.4. The number of nitrogen functional groups attached to an aromatic ring is 2. The van der Waals surface area contributed by atoms with Gasteiger partial charge in [-0.25, -0.2) is 24.4 Å². The molecule has 0 radical (unpaired) electrons. The molecule has 4 aromatic rings. The summed E-state index contributed by atoms with van der Waals surface area (Å²) in [5.41, 5.74) is 9.50. The van der Waals surface area contributed by atoms with Gasteiger partial charge in [0.15, 0.2) is 23.6 Å². The zero-order valence-electron chi connectivity index (χ0n) is 28.9. The predicted octanol–water partition coefficient (Wildman–Crippen LogP) is -10.1. The molecule has 1 unspecified atom stereocenters. The Morgan fingerprint density at radius 2 is 1.70 bits per heavy atom. The van der Waals surface area contributed by atoms with Crippen LogP contribution in [0.5, 0.6) is 0 Å². The third kappa shape index (κ3) is 10.1. The maximum absolute atomic E-state index is 14.5. The van der Waals surface area contributed by atoms with Crippen molar-refractivity contribution in [3.8, 4) is 0 Å². The maximum atomic E-state index is 14.5. The van der Waals surface area contributed by atoms with E-state index in [1.165, 1.54) is 36.5 Å². The van der Waals surface area contributed by atoms with Crippen LogP contribution in [0, 0.1) is 0 Å². The van der Waals surface area contributed by atoms with Gasteiger partial charge in [-0.15, -0.1) is 0 Å². The number of rotatable bonds is 15. The third-order valence-electron chi connectivity index (χ3n) is 8.05. The minimum atomic E-state index is -5.58. The Morgan fingerprint density at radius 3 is 2.37 bits per heavy atom. The second-order valence-electron chi connectivity index (χ2n) is 11.4. The first-order valence-corrected chi connectivity index (χ1v) is 18.2. The molecule has 2 saturated heterocycles. The number of phosphoric ester groups is 1. The van der Waals surface area contributed by atoms with Gasteiger partial charge in [0.25, 0.3) is 5.56 Å². The van der Waals surface area contributed by atoms with Crippen molar-refractivity contribution in [3.63, 3.8) is 0 Å².